The Balaban J connectivity index is 3.64. The minimum absolute atomic E-state index is 0.353. The highest BCUT2D eigenvalue weighted by atomic mass is 31.2. The molecule has 4 nitrogen and oxygen atoms in total. The second kappa shape index (κ2) is 20.8. The lowest BCUT2D eigenvalue weighted by Crippen LogP contribution is -2.03. The second-order valence-electron chi connectivity index (χ2n) is 7.48. The second-order valence-corrected chi connectivity index (χ2v) is 9.15. The molecule has 0 saturated heterocycles. The van der Waals surface area contributed by atoms with Crippen LogP contribution in [-0.4, -0.2) is 19.8 Å². The van der Waals surface area contributed by atoms with Gasteiger partial charge in [0.2, 0.25) is 0 Å². The Hall–Kier alpha value is 0.110. The molecule has 0 saturated carbocycles. The highest BCUT2D eigenvalue weighted by Gasteiger charge is 2.25. The molecule has 27 heavy (non-hydrogen) atoms. The first kappa shape index (κ1) is 27.1. The molecule has 5 heteroatoms. The molecule has 0 spiro atoms. The fourth-order valence-corrected chi connectivity index (χ4v) is 4.34. The van der Waals surface area contributed by atoms with Crippen LogP contribution in [0.25, 0.3) is 0 Å². The van der Waals surface area contributed by atoms with Crippen LogP contribution in [0, 0.1) is 0 Å². The van der Waals surface area contributed by atoms with Crippen LogP contribution in [0.5, 0.6) is 0 Å². The van der Waals surface area contributed by atoms with E-state index in [1.165, 1.54) is 77.0 Å². The molecule has 0 rings (SSSR count). The van der Waals surface area contributed by atoms with Crippen LogP contribution in [-0.2, 0) is 18.1 Å². The molecule has 0 aromatic carbocycles. The fraction of sp³-hybridized carbons (Fsp3) is 1.00. The van der Waals surface area contributed by atoms with E-state index < -0.39 is 7.82 Å². The molecular weight excluding hydrogens is 359 g/mol. The first-order chi connectivity index (χ1) is 13.2. The van der Waals surface area contributed by atoms with Gasteiger partial charge in [-0.3, -0.25) is 13.6 Å². The molecule has 0 aliphatic heterocycles. The maximum absolute atomic E-state index is 12.6. The van der Waals surface area contributed by atoms with Crippen LogP contribution in [0.3, 0.4) is 0 Å². The molecule has 0 amide bonds. The molecule has 0 aromatic heterocycles. The van der Waals surface area contributed by atoms with E-state index in [9.17, 15) is 4.57 Å². The predicted molar refractivity (Wildman–Crippen MR) is 116 cm³/mol. The summed E-state index contributed by atoms with van der Waals surface area (Å²) in [7, 11) is -3.36. The largest absolute Gasteiger partial charge is 0.474 e. The minimum Gasteiger partial charge on any atom is -0.287 e. The van der Waals surface area contributed by atoms with Crippen molar-refractivity contribution in [3.05, 3.63) is 0 Å². The first-order valence-corrected chi connectivity index (χ1v) is 13.2. The van der Waals surface area contributed by atoms with Crippen molar-refractivity contribution in [1.29, 1.82) is 0 Å². The standard InChI is InChI=1S/C22H47O4P/c1-4-7-9-11-13-14-16-18-20-22-26-27(23,24-6-3)25-21-19-17-15-12-10-8-5-2/h4-22H2,1-3H3. The lowest BCUT2D eigenvalue weighted by molar-refractivity contribution is 0.114. The Morgan fingerprint density at radius 3 is 1.15 bits per heavy atom. The van der Waals surface area contributed by atoms with Gasteiger partial charge in [-0.05, 0) is 19.8 Å². The number of hydrogen-bond acceptors (Lipinski definition) is 4. The van der Waals surface area contributed by atoms with Crippen molar-refractivity contribution in [2.75, 3.05) is 19.8 Å². The molecule has 0 bridgehead atoms. The van der Waals surface area contributed by atoms with Crippen molar-refractivity contribution in [3.63, 3.8) is 0 Å². The monoisotopic (exact) mass is 406 g/mol. The molecule has 0 fully saturated rings. The van der Waals surface area contributed by atoms with Crippen molar-refractivity contribution < 1.29 is 18.1 Å². The Morgan fingerprint density at radius 1 is 0.481 bits per heavy atom. The lowest BCUT2D eigenvalue weighted by Gasteiger charge is -2.17. The molecule has 0 radical (unpaired) electrons. The molecular formula is C22H47O4P. The maximum Gasteiger partial charge on any atom is 0.474 e. The van der Waals surface area contributed by atoms with Crippen LogP contribution in [0.15, 0.2) is 0 Å². The van der Waals surface area contributed by atoms with Crippen LogP contribution in [0.1, 0.15) is 124 Å². The molecule has 1 unspecified atom stereocenters. The van der Waals surface area contributed by atoms with E-state index in [0.717, 1.165) is 25.7 Å². The van der Waals surface area contributed by atoms with Crippen molar-refractivity contribution in [2.24, 2.45) is 0 Å². The summed E-state index contributed by atoms with van der Waals surface area (Å²) in [6.07, 6.45) is 19.8. The summed E-state index contributed by atoms with van der Waals surface area (Å²) in [6, 6.07) is 0. The summed E-state index contributed by atoms with van der Waals surface area (Å²) < 4.78 is 28.8. The van der Waals surface area contributed by atoms with Gasteiger partial charge in [0.1, 0.15) is 0 Å². The Kier molecular flexibility index (Phi) is 20.9. The van der Waals surface area contributed by atoms with E-state index in [1.807, 2.05) is 6.92 Å². The topological polar surface area (TPSA) is 44.8 Å². The van der Waals surface area contributed by atoms with E-state index in [1.54, 1.807) is 0 Å². The summed E-state index contributed by atoms with van der Waals surface area (Å²) in [6.45, 7) is 7.58. The van der Waals surface area contributed by atoms with Crippen LogP contribution >= 0.6 is 7.82 Å². The third-order valence-corrected chi connectivity index (χ3v) is 6.35. The molecule has 0 N–H and O–H groups in total. The Bertz CT molecular complexity index is 336. The average molecular weight is 407 g/mol. The highest BCUT2D eigenvalue weighted by Crippen LogP contribution is 2.49. The van der Waals surface area contributed by atoms with Gasteiger partial charge in [0.15, 0.2) is 0 Å². The SMILES string of the molecule is CCCCCCCCCCCOP(=O)(OCC)OCCCCCCCCC. The predicted octanol–water partition coefficient (Wildman–Crippen LogP) is 8.45. The van der Waals surface area contributed by atoms with Gasteiger partial charge in [0.25, 0.3) is 0 Å². The van der Waals surface area contributed by atoms with Crippen molar-refractivity contribution >= 4 is 7.82 Å². The molecule has 0 aliphatic carbocycles. The molecule has 0 aromatic rings. The van der Waals surface area contributed by atoms with Crippen molar-refractivity contribution in [3.8, 4) is 0 Å². The molecule has 0 aliphatic rings. The number of phosphoric ester groups is 1. The van der Waals surface area contributed by atoms with E-state index >= 15 is 0 Å². The van der Waals surface area contributed by atoms with E-state index in [0.29, 0.717) is 19.8 Å². The van der Waals surface area contributed by atoms with Gasteiger partial charge in [-0.1, -0.05) is 104 Å². The number of phosphoric acid groups is 1. The number of hydrogen-bond donors (Lipinski definition) is 0. The van der Waals surface area contributed by atoms with Crippen molar-refractivity contribution in [2.45, 2.75) is 124 Å². The van der Waals surface area contributed by atoms with Crippen LogP contribution < -0.4 is 0 Å². The third-order valence-electron chi connectivity index (χ3n) is 4.78. The van der Waals surface area contributed by atoms with Gasteiger partial charge in [-0.25, -0.2) is 4.57 Å². The summed E-state index contributed by atoms with van der Waals surface area (Å²) in [5, 5.41) is 0. The van der Waals surface area contributed by atoms with Gasteiger partial charge in [-0.2, -0.15) is 0 Å². The fourth-order valence-electron chi connectivity index (χ4n) is 3.09. The Labute approximate surface area is 169 Å². The van der Waals surface area contributed by atoms with E-state index in [-0.39, 0.29) is 0 Å². The zero-order chi connectivity index (χ0) is 20.1. The van der Waals surface area contributed by atoms with Crippen LogP contribution in [0.4, 0.5) is 0 Å². The van der Waals surface area contributed by atoms with Gasteiger partial charge in [0.05, 0.1) is 19.8 Å². The van der Waals surface area contributed by atoms with Gasteiger partial charge in [0, 0.05) is 0 Å². The van der Waals surface area contributed by atoms with Gasteiger partial charge in [-0.15, -0.1) is 0 Å². The smallest absolute Gasteiger partial charge is 0.287 e. The quantitative estimate of drug-likeness (QED) is 0.134. The number of unbranched alkanes of at least 4 members (excludes halogenated alkanes) is 14. The third kappa shape index (κ3) is 19.2. The maximum atomic E-state index is 12.6. The molecule has 164 valence electrons. The van der Waals surface area contributed by atoms with Gasteiger partial charge >= 0.3 is 7.82 Å². The Morgan fingerprint density at radius 2 is 0.815 bits per heavy atom. The van der Waals surface area contributed by atoms with E-state index in [4.69, 9.17) is 13.6 Å². The number of rotatable bonds is 22. The zero-order valence-corrected chi connectivity index (χ0v) is 19.4. The molecule has 1 atom stereocenters. The summed E-state index contributed by atoms with van der Waals surface area (Å²) >= 11 is 0. The summed E-state index contributed by atoms with van der Waals surface area (Å²) in [4.78, 5) is 0. The normalized spacial score (nSPS) is 13.7. The minimum atomic E-state index is -3.36. The highest BCUT2D eigenvalue weighted by molar-refractivity contribution is 7.48. The summed E-state index contributed by atoms with van der Waals surface area (Å²) in [5.41, 5.74) is 0. The van der Waals surface area contributed by atoms with E-state index in [2.05, 4.69) is 13.8 Å². The lowest BCUT2D eigenvalue weighted by atomic mass is 10.1. The zero-order valence-electron chi connectivity index (χ0n) is 18.5. The first-order valence-electron chi connectivity index (χ1n) is 11.7. The van der Waals surface area contributed by atoms with Crippen LogP contribution in [0.2, 0.25) is 0 Å². The molecule has 0 heterocycles. The van der Waals surface area contributed by atoms with Crippen molar-refractivity contribution in [1.82, 2.24) is 0 Å². The van der Waals surface area contributed by atoms with Gasteiger partial charge < -0.3 is 0 Å². The average Bonchev–Trinajstić information content (AvgIpc) is 2.66. The summed E-state index contributed by atoms with van der Waals surface area (Å²) in [5.74, 6) is 0.